The van der Waals surface area contributed by atoms with Crippen molar-refractivity contribution in [2.75, 3.05) is 4.90 Å². The summed E-state index contributed by atoms with van der Waals surface area (Å²) in [5.41, 5.74) is 1.13. The molecule has 0 bridgehead atoms. The van der Waals surface area contributed by atoms with Crippen molar-refractivity contribution in [2.24, 2.45) is 0 Å². The Kier molecular flexibility index (Phi) is 2.99. The molecule has 0 saturated heterocycles. The van der Waals surface area contributed by atoms with E-state index < -0.39 is 11.7 Å². The second-order valence-corrected chi connectivity index (χ2v) is 6.46. The third-order valence-corrected chi connectivity index (χ3v) is 4.31. The van der Waals surface area contributed by atoms with Gasteiger partial charge in [-0.2, -0.15) is 0 Å². The van der Waals surface area contributed by atoms with E-state index in [9.17, 15) is 9.59 Å². The number of thiazole rings is 1. The van der Waals surface area contributed by atoms with Gasteiger partial charge in [-0.15, -0.1) is 11.3 Å². The molecule has 1 aromatic heterocycles. The molecule has 2 heterocycles. The zero-order chi connectivity index (χ0) is 13.6. The number of carbonyl (C=O) groups is 2. The van der Waals surface area contributed by atoms with Gasteiger partial charge in [0.2, 0.25) is 0 Å². The maximum absolute atomic E-state index is 12.0. The first-order chi connectivity index (χ1) is 9.06. The minimum absolute atomic E-state index is 0.394. The van der Waals surface area contributed by atoms with E-state index in [2.05, 4.69) is 20.9 Å². The number of hydrogen-bond acceptors (Lipinski definition) is 4. The number of anilines is 1. The zero-order valence-electron chi connectivity index (χ0n) is 10.0. The quantitative estimate of drug-likeness (QED) is 0.792. The van der Waals surface area contributed by atoms with Crippen LogP contribution >= 0.6 is 27.3 Å². The Morgan fingerprint density at radius 1 is 1.37 bits per heavy atom. The second kappa shape index (κ2) is 4.54. The molecule has 1 aliphatic heterocycles. The Balaban J connectivity index is 1.99. The molecule has 0 fully saturated rings. The number of aromatic nitrogens is 1. The van der Waals surface area contributed by atoms with Gasteiger partial charge < -0.3 is 0 Å². The smallest absolute Gasteiger partial charge is 0.299 e. The van der Waals surface area contributed by atoms with Crippen LogP contribution in [0.3, 0.4) is 0 Å². The molecule has 0 atom stereocenters. The summed E-state index contributed by atoms with van der Waals surface area (Å²) < 4.78 is 0.794. The van der Waals surface area contributed by atoms with Crippen molar-refractivity contribution in [1.82, 2.24) is 4.98 Å². The Morgan fingerprint density at radius 3 is 2.84 bits per heavy atom. The third kappa shape index (κ3) is 2.11. The summed E-state index contributed by atoms with van der Waals surface area (Å²) in [6.07, 6.45) is 1.74. The number of carbonyl (C=O) groups excluding carboxylic acids is 2. The molecular formula is C13H9BrN2O2S. The van der Waals surface area contributed by atoms with Crippen LogP contribution in [-0.4, -0.2) is 16.7 Å². The molecule has 1 aliphatic rings. The van der Waals surface area contributed by atoms with Crippen molar-refractivity contribution >= 4 is 44.6 Å². The molecule has 0 saturated carbocycles. The number of Topliss-reactive ketones (excluding diaryl/α,β-unsaturated/α-hetero) is 1. The topological polar surface area (TPSA) is 50.3 Å². The highest BCUT2D eigenvalue weighted by Gasteiger charge is 2.35. The van der Waals surface area contributed by atoms with Gasteiger partial charge in [-0.3, -0.25) is 14.5 Å². The van der Waals surface area contributed by atoms with Crippen LogP contribution in [0.25, 0.3) is 0 Å². The summed E-state index contributed by atoms with van der Waals surface area (Å²) in [5.74, 6) is -0.920. The highest BCUT2D eigenvalue weighted by molar-refractivity contribution is 9.10. The average molecular weight is 337 g/mol. The van der Waals surface area contributed by atoms with Crippen LogP contribution in [0.2, 0.25) is 0 Å². The Morgan fingerprint density at radius 2 is 2.16 bits per heavy atom. The lowest BCUT2D eigenvalue weighted by atomic mass is 10.1. The third-order valence-electron chi connectivity index (χ3n) is 2.92. The number of aryl methyl sites for hydroxylation is 1. The lowest BCUT2D eigenvalue weighted by Crippen LogP contribution is -2.28. The predicted molar refractivity (Wildman–Crippen MR) is 76.5 cm³/mol. The molecule has 96 valence electrons. The van der Waals surface area contributed by atoms with Crippen molar-refractivity contribution in [1.29, 1.82) is 0 Å². The van der Waals surface area contributed by atoms with Crippen molar-refractivity contribution in [3.05, 3.63) is 44.3 Å². The van der Waals surface area contributed by atoms with E-state index >= 15 is 0 Å². The molecule has 0 aliphatic carbocycles. The maximum Gasteiger partial charge on any atom is 0.299 e. The molecular weight excluding hydrogens is 328 g/mol. The van der Waals surface area contributed by atoms with Gasteiger partial charge in [-0.1, -0.05) is 15.9 Å². The number of nitrogens with zero attached hydrogens (tertiary/aromatic N) is 2. The molecule has 6 heteroatoms. The van der Waals surface area contributed by atoms with E-state index in [-0.39, 0.29) is 0 Å². The Bertz CT molecular complexity index is 696. The maximum atomic E-state index is 12.0. The fraction of sp³-hybridized carbons (Fsp3) is 0.154. The van der Waals surface area contributed by atoms with Crippen molar-refractivity contribution in [2.45, 2.75) is 13.5 Å². The summed E-state index contributed by atoms with van der Waals surface area (Å²) in [7, 11) is 0. The van der Waals surface area contributed by atoms with E-state index in [1.54, 1.807) is 18.3 Å². The average Bonchev–Trinajstić information content (AvgIpc) is 2.88. The summed E-state index contributed by atoms with van der Waals surface area (Å²) in [6.45, 7) is 2.31. The van der Waals surface area contributed by atoms with Crippen LogP contribution in [0, 0.1) is 6.92 Å². The first-order valence-electron chi connectivity index (χ1n) is 5.63. The zero-order valence-corrected chi connectivity index (χ0v) is 12.4. The number of ketones is 1. The molecule has 3 rings (SSSR count). The van der Waals surface area contributed by atoms with Crippen LogP contribution in [0.5, 0.6) is 0 Å². The summed E-state index contributed by atoms with van der Waals surface area (Å²) in [4.78, 5) is 30.6. The minimum atomic E-state index is -0.473. The number of rotatable bonds is 2. The van der Waals surface area contributed by atoms with Gasteiger partial charge in [0, 0.05) is 15.5 Å². The lowest BCUT2D eigenvalue weighted by Gasteiger charge is -2.14. The molecule has 0 radical (unpaired) electrons. The molecule has 1 amide bonds. The summed E-state index contributed by atoms with van der Waals surface area (Å²) >= 11 is 4.84. The Hall–Kier alpha value is -1.53. The molecule has 2 aromatic rings. The number of benzene rings is 1. The Labute approximate surface area is 122 Å². The molecule has 1 aromatic carbocycles. The largest absolute Gasteiger partial charge is 0.299 e. The fourth-order valence-corrected chi connectivity index (χ4v) is 3.21. The number of fused-ring (bicyclic) bond motifs is 1. The van der Waals surface area contributed by atoms with Crippen molar-refractivity contribution in [3.8, 4) is 0 Å². The fourth-order valence-electron chi connectivity index (χ4n) is 2.06. The van der Waals surface area contributed by atoms with Crippen LogP contribution in [0.1, 0.15) is 20.2 Å². The predicted octanol–water partition coefficient (Wildman–Crippen LogP) is 2.94. The number of hydrogen-bond donors (Lipinski definition) is 0. The summed E-state index contributed by atoms with van der Waals surface area (Å²) in [5, 5.41) is 0.948. The minimum Gasteiger partial charge on any atom is -0.299 e. The van der Waals surface area contributed by atoms with Gasteiger partial charge >= 0.3 is 0 Å². The van der Waals surface area contributed by atoms with Crippen LogP contribution in [-0.2, 0) is 11.3 Å². The van der Waals surface area contributed by atoms with Gasteiger partial charge in [-0.05, 0) is 25.1 Å². The normalized spacial score (nSPS) is 14.1. The first kappa shape index (κ1) is 12.5. The highest BCUT2D eigenvalue weighted by atomic mass is 79.9. The molecule has 4 nitrogen and oxygen atoms in total. The summed E-state index contributed by atoms with van der Waals surface area (Å²) in [6, 6.07) is 5.30. The molecule has 0 spiro atoms. The van der Waals surface area contributed by atoms with Gasteiger partial charge in [-0.25, -0.2) is 4.98 Å². The second-order valence-electron chi connectivity index (χ2n) is 4.23. The number of amides is 1. The van der Waals surface area contributed by atoms with Gasteiger partial charge in [0.05, 0.1) is 22.8 Å². The van der Waals surface area contributed by atoms with Crippen molar-refractivity contribution < 1.29 is 9.59 Å². The molecule has 0 unspecified atom stereocenters. The van der Waals surface area contributed by atoms with E-state index in [0.717, 1.165) is 14.4 Å². The first-order valence-corrected chi connectivity index (χ1v) is 7.24. The van der Waals surface area contributed by atoms with E-state index in [0.29, 0.717) is 17.8 Å². The molecule has 19 heavy (non-hydrogen) atoms. The van der Waals surface area contributed by atoms with Gasteiger partial charge in [0.1, 0.15) is 0 Å². The van der Waals surface area contributed by atoms with Crippen LogP contribution in [0.4, 0.5) is 5.69 Å². The molecule has 0 N–H and O–H groups in total. The monoisotopic (exact) mass is 336 g/mol. The van der Waals surface area contributed by atoms with E-state index in [1.165, 1.54) is 16.2 Å². The van der Waals surface area contributed by atoms with Crippen LogP contribution in [0.15, 0.2) is 28.9 Å². The van der Waals surface area contributed by atoms with E-state index in [1.807, 2.05) is 13.0 Å². The highest BCUT2D eigenvalue weighted by Crippen LogP contribution is 2.33. The van der Waals surface area contributed by atoms with Crippen molar-refractivity contribution in [3.63, 3.8) is 0 Å². The van der Waals surface area contributed by atoms with Crippen LogP contribution < -0.4 is 4.90 Å². The lowest BCUT2D eigenvalue weighted by molar-refractivity contribution is -0.114. The van der Waals surface area contributed by atoms with E-state index in [4.69, 9.17) is 0 Å². The van der Waals surface area contributed by atoms with Gasteiger partial charge in [0.25, 0.3) is 11.7 Å². The number of halogens is 1. The standard InChI is InChI=1S/C13H9BrN2O2S/c1-7-15-5-9(19-7)6-16-11-3-2-8(14)4-10(11)12(17)13(16)18/h2-5H,6H2,1H3. The van der Waals surface area contributed by atoms with Gasteiger partial charge in [0.15, 0.2) is 0 Å². The SMILES string of the molecule is Cc1ncc(CN2C(=O)C(=O)c3cc(Br)ccc32)s1.